The van der Waals surface area contributed by atoms with E-state index in [1.807, 2.05) is 0 Å². The van der Waals surface area contributed by atoms with Crippen molar-refractivity contribution in [3.8, 4) is 6.07 Å². The molecule has 0 aliphatic heterocycles. The summed E-state index contributed by atoms with van der Waals surface area (Å²) in [6, 6.07) is 2.07. The van der Waals surface area contributed by atoms with Crippen LogP contribution in [-0.4, -0.2) is 5.78 Å². The van der Waals surface area contributed by atoms with E-state index in [0.717, 1.165) is 32.1 Å². The van der Waals surface area contributed by atoms with E-state index in [9.17, 15) is 4.79 Å². The van der Waals surface area contributed by atoms with Crippen molar-refractivity contribution < 1.29 is 4.79 Å². The molecule has 0 atom stereocenters. The maximum Gasteiger partial charge on any atom is 0.132 e. The number of unbranched alkanes of at least 4 members (excludes halogenated alkanes) is 3. The predicted molar refractivity (Wildman–Crippen MR) is 48.6 cm³/mol. The second-order valence-electron chi connectivity index (χ2n) is 3.01. The lowest BCUT2D eigenvalue weighted by molar-refractivity contribution is -0.119. The molecule has 2 heteroatoms. The fraction of sp³-hybridized carbons (Fsp3) is 0.800. The Balaban J connectivity index is 3.15. The predicted octanol–water partition coefficient (Wildman–Crippen LogP) is 2.83. The second-order valence-corrected chi connectivity index (χ2v) is 3.01. The third-order valence-corrected chi connectivity index (χ3v) is 1.80. The van der Waals surface area contributed by atoms with E-state index in [0.29, 0.717) is 18.6 Å². The van der Waals surface area contributed by atoms with Gasteiger partial charge in [-0.25, -0.2) is 0 Å². The van der Waals surface area contributed by atoms with Crippen LogP contribution in [-0.2, 0) is 4.79 Å². The van der Waals surface area contributed by atoms with Gasteiger partial charge in [0.05, 0.1) is 6.07 Å². The van der Waals surface area contributed by atoms with Crippen molar-refractivity contribution >= 4 is 5.78 Å². The standard InChI is InChI=1S/C10H17NO/c1-2-3-7-10(12)8-5-4-6-9-11/h2-8H2,1H3. The Morgan fingerprint density at radius 3 is 2.50 bits per heavy atom. The Labute approximate surface area is 74.6 Å². The molecule has 0 N–H and O–H groups in total. The molecule has 0 unspecified atom stereocenters. The zero-order chi connectivity index (χ0) is 9.23. The van der Waals surface area contributed by atoms with Crippen molar-refractivity contribution in [2.45, 2.75) is 51.9 Å². The van der Waals surface area contributed by atoms with Crippen LogP contribution in [0, 0.1) is 11.3 Å². The van der Waals surface area contributed by atoms with Crippen molar-refractivity contribution in [1.82, 2.24) is 0 Å². The number of rotatable bonds is 7. The first-order valence-corrected chi connectivity index (χ1v) is 4.70. The highest BCUT2D eigenvalue weighted by atomic mass is 16.1. The summed E-state index contributed by atoms with van der Waals surface area (Å²) in [5, 5.41) is 8.24. The highest BCUT2D eigenvalue weighted by Crippen LogP contribution is 2.04. The minimum atomic E-state index is 0.356. The molecule has 0 spiro atoms. The summed E-state index contributed by atoms with van der Waals surface area (Å²) < 4.78 is 0. The Morgan fingerprint density at radius 1 is 1.25 bits per heavy atom. The largest absolute Gasteiger partial charge is 0.300 e. The van der Waals surface area contributed by atoms with Gasteiger partial charge < -0.3 is 0 Å². The van der Waals surface area contributed by atoms with Crippen LogP contribution in [0.2, 0.25) is 0 Å². The lowest BCUT2D eigenvalue weighted by Gasteiger charge is -1.97. The summed E-state index contributed by atoms with van der Waals surface area (Å²) >= 11 is 0. The molecule has 0 radical (unpaired) electrons. The Kier molecular flexibility index (Phi) is 7.68. The minimum Gasteiger partial charge on any atom is -0.300 e. The Morgan fingerprint density at radius 2 is 1.92 bits per heavy atom. The summed E-state index contributed by atoms with van der Waals surface area (Å²) in [4.78, 5) is 11.1. The van der Waals surface area contributed by atoms with E-state index in [-0.39, 0.29) is 0 Å². The van der Waals surface area contributed by atoms with Crippen LogP contribution in [0.4, 0.5) is 0 Å². The fourth-order valence-electron chi connectivity index (χ4n) is 1.03. The third kappa shape index (κ3) is 7.27. The molecule has 0 fully saturated rings. The number of hydrogen-bond donors (Lipinski definition) is 0. The molecule has 0 amide bonds. The molecule has 0 heterocycles. The van der Waals surface area contributed by atoms with E-state index >= 15 is 0 Å². The zero-order valence-corrected chi connectivity index (χ0v) is 7.81. The Hall–Kier alpha value is -0.840. The molecule has 12 heavy (non-hydrogen) atoms. The van der Waals surface area contributed by atoms with Gasteiger partial charge in [0.2, 0.25) is 0 Å². The molecule has 0 bridgehead atoms. The molecular formula is C10H17NO. The quantitative estimate of drug-likeness (QED) is 0.547. The molecule has 68 valence electrons. The van der Waals surface area contributed by atoms with Crippen LogP contribution in [0.5, 0.6) is 0 Å². The van der Waals surface area contributed by atoms with Gasteiger partial charge in [-0.3, -0.25) is 4.79 Å². The van der Waals surface area contributed by atoms with Gasteiger partial charge in [-0.2, -0.15) is 5.26 Å². The molecule has 0 saturated carbocycles. The minimum absolute atomic E-state index is 0.356. The smallest absolute Gasteiger partial charge is 0.132 e. The lowest BCUT2D eigenvalue weighted by atomic mass is 10.1. The van der Waals surface area contributed by atoms with Gasteiger partial charge in [0.25, 0.3) is 0 Å². The monoisotopic (exact) mass is 167 g/mol. The number of ketones is 1. The third-order valence-electron chi connectivity index (χ3n) is 1.80. The van der Waals surface area contributed by atoms with E-state index in [2.05, 4.69) is 13.0 Å². The molecule has 0 aromatic heterocycles. The lowest BCUT2D eigenvalue weighted by Crippen LogP contribution is -1.96. The average molecular weight is 167 g/mol. The first-order chi connectivity index (χ1) is 5.81. The highest BCUT2D eigenvalue weighted by molar-refractivity contribution is 5.78. The van der Waals surface area contributed by atoms with Gasteiger partial charge in [-0.15, -0.1) is 0 Å². The van der Waals surface area contributed by atoms with Gasteiger partial charge in [-0.1, -0.05) is 13.3 Å². The number of hydrogen-bond acceptors (Lipinski definition) is 2. The van der Waals surface area contributed by atoms with Gasteiger partial charge in [0.1, 0.15) is 5.78 Å². The van der Waals surface area contributed by atoms with Gasteiger partial charge in [0, 0.05) is 19.3 Å². The molecule has 0 aromatic carbocycles. The van der Waals surface area contributed by atoms with Crippen molar-refractivity contribution in [1.29, 1.82) is 5.26 Å². The van der Waals surface area contributed by atoms with Crippen LogP contribution >= 0.6 is 0 Å². The van der Waals surface area contributed by atoms with Crippen LogP contribution in [0.3, 0.4) is 0 Å². The summed E-state index contributed by atoms with van der Waals surface area (Å²) in [5.41, 5.74) is 0. The summed E-state index contributed by atoms with van der Waals surface area (Å²) in [6.07, 6.45) is 5.83. The van der Waals surface area contributed by atoms with Crippen LogP contribution in [0.25, 0.3) is 0 Å². The average Bonchev–Trinajstić information content (AvgIpc) is 2.09. The topological polar surface area (TPSA) is 40.9 Å². The molecule has 2 nitrogen and oxygen atoms in total. The number of Topliss-reactive ketones (excluding diaryl/α,β-unsaturated/α-hetero) is 1. The summed E-state index contributed by atoms with van der Waals surface area (Å²) in [6.45, 7) is 2.09. The Bertz CT molecular complexity index is 158. The summed E-state index contributed by atoms with van der Waals surface area (Å²) in [5.74, 6) is 0.356. The van der Waals surface area contributed by atoms with Crippen LogP contribution in [0.15, 0.2) is 0 Å². The van der Waals surface area contributed by atoms with Crippen molar-refractivity contribution in [3.05, 3.63) is 0 Å². The maximum absolute atomic E-state index is 11.1. The van der Waals surface area contributed by atoms with E-state index in [1.54, 1.807) is 0 Å². The zero-order valence-electron chi connectivity index (χ0n) is 7.81. The van der Waals surface area contributed by atoms with Gasteiger partial charge >= 0.3 is 0 Å². The number of nitriles is 1. The fourth-order valence-corrected chi connectivity index (χ4v) is 1.03. The van der Waals surface area contributed by atoms with Crippen molar-refractivity contribution in [2.75, 3.05) is 0 Å². The van der Waals surface area contributed by atoms with E-state index < -0.39 is 0 Å². The highest BCUT2D eigenvalue weighted by Gasteiger charge is 1.99. The number of nitrogens with zero attached hydrogens (tertiary/aromatic N) is 1. The SMILES string of the molecule is CCCCC(=O)CCCCC#N. The van der Waals surface area contributed by atoms with E-state index in [1.165, 1.54) is 0 Å². The van der Waals surface area contributed by atoms with Crippen LogP contribution < -0.4 is 0 Å². The maximum atomic E-state index is 11.1. The van der Waals surface area contributed by atoms with E-state index in [4.69, 9.17) is 5.26 Å². The molecule has 0 aromatic rings. The second kappa shape index (κ2) is 8.26. The van der Waals surface area contributed by atoms with Crippen molar-refractivity contribution in [3.63, 3.8) is 0 Å². The molecular weight excluding hydrogens is 150 g/mol. The first kappa shape index (κ1) is 11.2. The molecule has 0 saturated heterocycles. The first-order valence-electron chi connectivity index (χ1n) is 4.70. The van der Waals surface area contributed by atoms with Crippen LogP contribution in [0.1, 0.15) is 51.9 Å². The normalized spacial score (nSPS) is 9.33. The molecule has 0 rings (SSSR count). The molecule has 0 aliphatic carbocycles. The van der Waals surface area contributed by atoms with Crippen molar-refractivity contribution in [2.24, 2.45) is 0 Å². The number of carbonyl (C=O) groups is 1. The van der Waals surface area contributed by atoms with Gasteiger partial charge in [0.15, 0.2) is 0 Å². The summed E-state index contributed by atoms with van der Waals surface area (Å²) in [7, 11) is 0. The molecule has 0 aliphatic rings. The number of carbonyl (C=O) groups excluding carboxylic acids is 1. The van der Waals surface area contributed by atoms with Gasteiger partial charge in [-0.05, 0) is 19.3 Å².